The van der Waals surface area contributed by atoms with Crippen LogP contribution in [0, 0.1) is 5.21 Å². The van der Waals surface area contributed by atoms with Crippen molar-refractivity contribution in [2.24, 2.45) is 0 Å². The Morgan fingerprint density at radius 1 is 1.06 bits per heavy atom. The van der Waals surface area contributed by atoms with Crippen LogP contribution in [0.5, 0.6) is 0 Å². The topological polar surface area (TPSA) is 91.4 Å². The maximum Gasteiger partial charge on any atom is 0.163 e. The number of quaternary nitrogens is 1. The lowest BCUT2D eigenvalue weighted by molar-refractivity contribution is -0.991. The molecule has 0 bridgehead atoms. The molecule has 0 saturated heterocycles. The van der Waals surface area contributed by atoms with Crippen LogP contribution in [0.25, 0.3) is 0 Å². The van der Waals surface area contributed by atoms with Crippen LogP contribution < -0.4 is 10.1 Å². The molecule has 0 aliphatic heterocycles. The fourth-order valence-electron chi connectivity index (χ4n) is 1.43. The predicted molar refractivity (Wildman–Crippen MR) is 58.6 cm³/mol. The Hall–Kier alpha value is -1.18. The number of nitrogens with zero attached hydrogens (tertiary/aromatic N) is 1. The molecule has 6 heteroatoms. The van der Waals surface area contributed by atoms with E-state index < -0.39 is 5.23 Å². The number of rotatable bonds is 6. The van der Waals surface area contributed by atoms with Gasteiger partial charge in [0.25, 0.3) is 0 Å². The van der Waals surface area contributed by atoms with Gasteiger partial charge in [0.1, 0.15) is 0 Å². The zero-order valence-electron chi connectivity index (χ0n) is 8.83. The van der Waals surface area contributed by atoms with Gasteiger partial charge in [-0.25, -0.2) is 5.21 Å². The van der Waals surface area contributed by atoms with Crippen molar-refractivity contribution in [3.05, 3.63) is 29.5 Å². The molecular formula is C10H16N2O4. The van der Waals surface area contributed by atoms with Crippen molar-refractivity contribution in [1.82, 2.24) is 0 Å². The minimum atomic E-state index is -0.970. The quantitative estimate of drug-likeness (QED) is 0.463. The third kappa shape index (κ3) is 3.44. The van der Waals surface area contributed by atoms with E-state index in [1.54, 1.807) is 17.0 Å². The third-order valence-corrected chi connectivity index (χ3v) is 2.22. The molecule has 1 rings (SSSR count). The number of aliphatic hydroxyl groups is 2. The monoisotopic (exact) mass is 228 g/mol. The second kappa shape index (κ2) is 6.41. The molecule has 1 aromatic rings. The lowest BCUT2D eigenvalue weighted by atomic mass is 10.2. The molecule has 0 amide bonds. The van der Waals surface area contributed by atoms with Gasteiger partial charge in [0.15, 0.2) is 5.69 Å². The molecule has 0 aliphatic carbocycles. The van der Waals surface area contributed by atoms with Crippen molar-refractivity contribution >= 4 is 11.4 Å². The molecule has 90 valence electrons. The standard InChI is InChI=1S/C10H16N2O4/c13-7-5-11(6-8-14)9-1-3-10(4-2-9)12(15)16/h1-4,12-15H,5-8H2. The molecule has 0 radical (unpaired) electrons. The summed E-state index contributed by atoms with van der Waals surface area (Å²) in [5.41, 5.74) is 1.00. The van der Waals surface area contributed by atoms with Crippen LogP contribution in [0.15, 0.2) is 24.3 Å². The van der Waals surface area contributed by atoms with Crippen LogP contribution in [0.3, 0.4) is 0 Å². The fraction of sp³-hybridized carbons (Fsp3) is 0.400. The van der Waals surface area contributed by atoms with E-state index in [0.29, 0.717) is 13.1 Å². The van der Waals surface area contributed by atoms with E-state index >= 15 is 0 Å². The van der Waals surface area contributed by atoms with Crippen molar-refractivity contribution in [3.63, 3.8) is 0 Å². The van der Waals surface area contributed by atoms with Gasteiger partial charge < -0.3 is 20.3 Å². The summed E-state index contributed by atoms with van der Waals surface area (Å²) in [6, 6.07) is 6.32. The smallest absolute Gasteiger partial charge is 0.163 e. The van der Waals surface area contributed by atoms with Crippen molar-refractivity contribution in [1.29, 1.82) is 0 Å². The highest BCUT2D eigenvalue weighted by atomic mass is 16.8. The summed E-state index contributed by atoms with van der Waals surface area (Å²) in [4.78, 5) is 1.78. The van der Waals surface area contributed by atoms with Crippen LogP contribution in [0.1, 0.15) is 0 Å². The molecule has 0 saturated carbocycles. The van der Waals surface area contributed by atoms with Crippen molar-refractivity contribution in [2.75, 3.05) is 31.2 Å². The molecule has 4 N–H and O–H groups in total. The minimum Gasteiger partial charge on any atom is -0.595 e. The average molecular weight is 228 g/mol. The maximum atomic E-state index is 10.6. The number of nitrogens with one attached hydrogen (secondary N) is 1. The largest absolute Gasteiger partial charge is 0.595 e. The normalized spacial score (nSPS) is 12.5. The summed E-state index contributed by atoms with van der Waals surface area (Å²) in [5.74, 6) is 0. The average Bonchev–Trinajstić information content (AvgIpc) is 2.29. The van der Waals surface area contributed by atoms with E-state index in [1.165, 1.54) is 12.1 Å². The summed E-state index contributed by atoms with van der Waals surface area (Å²) in [5, 5.41) is 36.1. The molecule has 0 fully saturated rings. The van der Waals surface area contributed by atoms with Crippen molar-refractivity contribution < 1.29 is 20.6 Å². The van der Waals surface area contributed by atoms with Crippen molar-refractivity contribution in [3.8, 4) is 0 Å². The van der Waals surface area contributed by atoms with E-state index in [2.05, 4.69) is 0 Å². The van der Waals surface area contributed by atoms with Gasteiger partial charge in [-0.3, -0.25) is 0 Å². The van der Waals surface area contributed by atoms with E-state index in [1.807, 2.05) is 0 Å². The number of hydrogen-bond acceptors (Lipinski definition) is 5. The first kappa shape index (κ1) is 12.9. The zero-order valence-corrected chi connectivity index (χ0v) is 8.83. The molecule has 0 spiro atoms. The highest BCUT2D eigenvalue weighted by molar-refractivity contribution is 5.50. The zero-order chi connectivity index (χ0) is 12.0. The minimum absolute atomic E-state index is 0.0132. The van der Waals surface area contributed by atoms with Gasteiger partial charge >= 0.3 is 0 Å². The van der Waals surface area contributed by atoms with Crippen LogP contribution in [-0.4, -0.2) is 41.7 Å². The summed E-state index contributed by atoms with van der Waals surface area (Å²) in [7, 11) is 0. The molecule has 16 heavy (non-hydrogen) atoms. The summed E-state index contributed by atoms with van der Waals surface area (Å²) in [6.07, 6.45) is 0. The first-order valence-electron chi connectivity index (χ1n) is 4.99. The Morgan fingerprint density at radius 3 is 1.94 bits per heavy atom. The summed E-state index contributed by atoms with van der Waals surface area (Å²) >= 11 is 0. The van der Waals surface area contributed by atoms with Gasteiger partial charge in [-0.2, -0.15) is 5.23 Å². The molecule has 6 nitrogen and oxygen atoms in total. The van der Waals surface area contributed by atoms with Gasteiger partial charge in [0.05, 0.1) is 13.2 Å². The third-order valence-electron chi connectivity index (χ3n) is 2.22. The SMILES string of the molecule is [O-][NH+](O)c1ccc(N(CCO)CCO)cc1. The molecule has 1 unspecified atom stereocenters. The first-order valence-corrected chi connectivity index (χ1v) is 4.99. The van der Waals surface area contributed by atoms with Crippen molar-refractivity contribution in [2.45, 2.75) is 0 Å². The van der Waals surface area contributed by atoms with Crippen LogP contribution in [0.4, 0.5) is 11.4 Å². The Balaban J connectivity index is 2.76. The molecule has 1 aromatic carbocycles. The Morgan fingerprint density at radius 2 is 1.56 bits per heavy atom. The van der Waals surface area contributed by atoms with Gasteiger partial charge in [-0.15, -0.1) is 0 Å². The van der Waals surface area contributed by atoms with Gasteiger partial charge in [0, 0.05) is 30.9 Å². The predicted octanol–water partition coefficient (Wildman–Crippen LogP) is -1.12. The highest BCUT2D eigenvalue weighted by Crippen LogP contribution is 2.15. The van der Waals surface area contributed by atoms with Crippen LogP contribution >= 0.6 is 0 Å². The second-order valence-electron chi connectivity index (χ2n) is 3.29. The van der Waals surface area contributed by atoms with E-state index in [-0.39, 0.29) is 18.9 Å². The van der Waals surface area contributed by atoms with Crippen LogP contribution in [0.2, 0.25) is 0 Å². The molecular weight excluding hydrogens is 212 g/mol. The maximum absolute atomic E-state index is 10.6. The molecule has 0 heterocycles. The summed E-state index contributed by atoms with van der Waals surface area (Å²) < 4.78 is 0. The van der Waals surface area contributed by atoms with E-state index in [9.17, 15) is 5.21 Å². The Kier molecular flexibility index (Phi) is 5.17. The number of benzene rings is 1. The number of aliphatic hydroxyl groups excluding tert-OH is 2. The second-order valence-corrected chi connectivity index (χ2v) is 3.29. The molecule has 0 aromatic heterocycles. The lowest BCUT2D eigenvalue weighted by Gasteiger charge is -2.23. The number of hydrogen-bond donors (Lipinski definition) is 4. The Bertz CT molecular complexity index is 296. The molecule has 0 aliphatic rings. The van der Waals surface area contributed by atoms with E-state index in [4.69, 9.17) is 15.4 Å². The Labute approximate surface area is 93.5 Å². The van der Waals surface area contributed by atoms with E-state index in [0.717, 1.165) is 5.69 Å². The van der Waals surface area contributed by atoms with Crippen LogP contribution in [-0.2, 0) is 0 Å². The first-order chi connectivity index (χ1) is 7.69. The van der Waals surface area contributed by atoms with Gasteiger partial charge in [0.2, 0.25) is 0 Å². The van der Waals surface area contributed by atoms with Gasteiger partial charge in [-0.05, 0) is 12.1 Å². The summed E-state index contributed by atoms with van der Waals surface area (Å²) in [6.45, 7) is 0.793. The van der Waals surface area contributed by atoms with Gasteiger partial charge in [-0.1, -0.05) is 0 Å². The lowest BCUT2D eigenvalue weighted by Crippen LogP contribution is -2.99. The molecule has 1 atom stereocenters. The fourth-order valence-corrected chi connectivity index (χ4v) is 1.43. The highest BCUT2D eigenvalue weighted by Gasteiger charge is 2.06. The number of anilines is 1.